The van der Waals surface area contributed by atoms with Gasteiger partial charge in [-0.3, -0.25) is 4.72 Å². The van der Waals surface area contributed by atoms with Crippen molar-refractivity contribution in [3.63, 3.8) is 0 Å². The van der Waals surface area contributed by atoms with Crippen molar-refractivity contribution in [3.8, 4) is 21.8 Å². The Kier molecular flexibility index (Phi) is 6.45. The lowest BCUT2D eigenvalue weighted by Gasteiger charge is -2.26. The minimum atomic E-state index is -3.88. The van der Waals surface area contributed by atoms with E-state index in [0.717, 1.165) is 16.3 Å². The molecule has 1 aliphatic heterocycles. The summed E-state index contributed by atoms with van der Waals surface area (Å²) in [6.07, 6.45) is 4.00. The van der Waals surface area contributed by atoms with E-state index in [0.29, 0.717) is 43.3 Å². The molecular weight excluding hydrogens is 521 g/mol. The first-order chi connectivity index (χ1) is 16.4. The number of hydrogen-bond acceptors (Lipinski definition) is 9. The van der Waals surface area contributed by atoms with Gasteiger partial charge in [-0.15, -0.1) is 0 Å². The molecule has 5 rings (SSSR count). The number of aromatic nitrogens is 3. The summed E-state index contributed by atoms with van der Waals surface area (Å²) < 4.78 is 38.3. The third-order valence-electron chi connectivity index (χ3n) is 5.06. The minimum Gasteiger partial charge on any atom is -0.471 e. The first-order valence-electron chi connectivity index (χ1n) is 10.1. The smallest absolute Gasteiger partial charge is 0.265 e. The lowest BCUT2D eigenvalue weighted by Crippen LogP contribution is -2.36. The lowest BCUT2D eigenvalue weighted by molar-refractivity contribution is 0.122. The van der Waals surface area contributed by atoms with Gasteiger partial charge in [-0.2, -0.15) is 0 Å². The molecule has 1 fully saturated rings. The Morgan fingerprint density at radius 1 is 1.09 bits per heavy atom. The number of sulfonamides is 1. The van der Waals surface area contributed by atoms with Gasteiger partial charge in [0.05, 0.1) is 46.5 Å². The van der Waals surface area contributed by atoms with Crippen LogP contribution in [-0.4, -0.2) is 49.7 Å². The van der Waals surface area contributed by atoms with E-state index < -0.39 is 10.0 Å². The van der Waals surface area contributed by atoms with Crippen LogP contribution in [0.5, 0.6) is 0 Å². The topological polar surface area (TPSA) is 110 Å². The molecule has 0 amide bonds. The van der Waals surface area contributed by atoms with Crippen LogP contribution in [0.2, 0.25) is 10.3 Å². The normalized spacial score (nSPS) is 14.4. The van der Waals surface area contributed by atoms with Gasteiger partial charge in [-0.25, -0.2) is 23.4 Å². The predicted octanol–water partition coefficient (Wildman–Crippen LogP) is 4.80. The second-order valence-corrected chi connectivity index (χ2v) is 10.6. The van der Waals surface area contributed by atoms with Gasteiger partial charge in [-0.05, 0) is 29.8 Å². The highest BCUT2D eigenvalue weighted by atomic mass is 35.5. The van der Waals surface area contributed by atoms with Crippen LogP contribution >= 0.6 is 34.5 Å². The number of morpholine rings is 1. The summed E-state index contributed by atoms with van der Waals surface area (Å²) in [7, 11) is -3.88. The number of halogens is 2. The summed E-state index contributed by atoms with van der Waals surface area (Å²) in [5, 5.41) is 1.09. The zero-order valence-electron chi connectivity index (χ0n) is 17.4. The van der Waals surface area contributed by atoms with Gasteiger partial charge in [0.1, 0.15) is 11.2 Å². The van der Waals surface area contributed by atoms with Crippen LogP contribution in [0.4, 0.5) is 10.8 Å². The van der Waals surface area contributed by atoms with Crippen molar-refractivity contribution in [2.24, 2.45) is 0 Å². The van der Waals surface area contributed by atoms with Crippen LogP contribution in [0.15, 0.2) is 58.4 Å². The van der Waals surface area contributed by atoms with E-state index in [1.54, 1.807) is 30.5 Å². The molecule has 13 heteroatoms. The minimum absolute atomic E-state index is 0.00597. The molecule has 0 spiro atoms. The van der Waals surface area contributed by atoms with Gasteiger partial charge in [0.2, 0.25) is 5.28 Å². The Hall–Kier alpha value is -2.70. The van der Waals surface area contributed by atoms with E-state index >= 15 is 0 Å². The summed E-state index contributed by atoms with van der Waals surface area (Å²) in [5.41, 5.74) is 1.92. The number of benzene rings is 1. The molecule has 1 aliphatic rings. The second kappa shape index (κ2) is 9.51. The van der Waals surface area contributed by atoms with Crippen LogP contribution in [0, 0.1) is 0 Å². The lowest BCUT2D eigenvalue weighted by atomic mass is 10.1. The van der Waals surface area contributed by atoms with Crippen molar-refractivity contribution in [3.05, 3.63) is 59.4 Å². The SMILES string of the molecule is O=S(=O)(Nc1cccc(-c2nc(N3CCOCC3)sc2-c2ccnc(Cl)n2)c1Cl)c1ccoc1. The maximum absolute atomic E-state index is 12.7. The Morgan fingerprint density at radius 2 is 1.91 bits per heavy atom. The fraction of sp³-hybridized carbons (Fsp3) is 0.190. The highest BCUT2D eigenvalue weighted by molar-refractivity contribution is 7.92. The molecule has 3 aromatic heterocycles. The van der Waals surface area contributed by atoms with Gasteiger partial charge in [-0.1, -0.05) is 35.1 Å². The number of thiazole rings is 1. The molecule has 0 unspecified atom stereocenters. The van der Waals surface area contributed by atoms with E-state index in [2.05, 4.69) is 19.6 Å². The maximum Gasteiger partial charge on any atom is 0.265 e. The van der Waals surface area contributed by atoms with E-state index in [-0.39, 0.29) is 20.9 Å². The van der Waals surface area contributed by atoms with Crippen LogP contribution in [0.1, 0.15) is 0 Å². The molecule has 4 aromatic rings. The number of furan rings is 1. The van der Waals surface area contributed by atoms with Crippen LogP contribution in [0.25, 0.3) is 21.8 Å². The number of nitrogens with zero attached hydrogens (tertiary/aromatic N) is 4. The van der Waals surface area contributed by atoms with Crippen molar-refractivity contribution >= 4 is 55.4 Å². The van der Waals surface area contributed by atoms with Gasteiger partial charge in [0.25, 0.3) is 10.0 Å². The average molecular weight is 538 g/mol. The number of ether oxygens (including phenoxy) is 1. The Balaban J connectivity index is 1.60. The second-order valence-electron chi connectivity index (χ2n) is 7.22. The van der Waals surface area contributed by atoms with Crippen molar-refractivity contribution in [1.29, 1.82) is 0 Å². The van der Waals surface area contributed by atoms with E-state index in [1.165, 1.54) is 23.7 Å². The van der Waals surface area contributed by atoms with Gasteiger partial charge in [0, 0.05) is 24.8 Å². The Labute approximate surface area is 209 Å². The molecule has 9 nitrogen and oxygen atoms in total. The Bertz CT molecular complexity index is 1420. The van der Waals surface area contributed by atoms with Gasteiger partial charge in [0.15, 0.2) is 5.13 Å². The molecule has 0 saturated carbocycles. The monoisotopic (exact) mass is 537 g/mol. The highest BCUT2D eigenvalue weighted by Crippen LogP contribution is 2.44. The summed E-state index contributed by atoms with van der Waals surface area (Å²) in [5.74, 6) is 0. The summed E-state index contributed by atoms with van der Waals surface area (Å²) in [6, 6.07) is 8.17. The first kappa shape index (κ1) is 23.1. The largest absolute Gasteiger partial charge is 0.471 e. The number of rotatable bonds is 6. The quantitative estimate of drug-likeness (QED) is 0.349. The molecule has 4 heterocycles. The molecule has 1 N–H and O–H groups in total. The highest BCUT2D eigenvalue weighted by Gasteiger charge is 2.25. The van der Waals surface area contributed by atoms with Crippen LogP contribution in [-0.2, 0) is 14.8 Å². The third kappa shape index (κ3) is 4.62. The number of nitrogens with one attached hydrogen (secondary N) is 1. The molecule has 0 aliphatic carbocycles. The van der Waals surface area contributed by atoms with Crippen molar-refractivity contribution in [2.45, 2.75) is 4.90 Å². The Morgan fingerprint density at radius 3 is 2.65 bits per heavy atom. The molecule has 1 aromatic carbocycles. The zero-order valence-corrected chi connectivity index (χ0v) is 20.6. The molecule has 176 valence electrons. The summed E-state index contributed by atoms with van der Waals surface area (Å²) in [6.45, 7) is 2.62. The summed E-state index contributed by atoms with van der Waals surface area (Å²) >= 11 is 14.2. The van der Waals surface area contributed by atoms with E-state index in [4.69, 9.17) is 37.3 Å². The average Bonchev–Trinajstić information content (AvgIpc) is 3.52. The van der Waals surface area contributed by atoms with Crippen LogP contribution in [0.3, 0.4) is 0 Å². The number of hydrogen-bond donors (Lipinski definition) is 1. The van der Waals surface area contributed by atoms with E-state index in [9.17, 15) is 8.42 Å². The fourth-order valence-corrected chi connectivity index (χ4v) is 5.98. The van der Waals surface area contributed by atoms with Gasteiger partial charge < -0.3 is 14.1 Å². The molecule has 0 bridgehead atoms. The van der Waals surface area contributed by atoms with Crippen LogP contribution < -0.4 is 9.62 Å². The third-order valence-corrected chi connectivity index (χ3v) is 8.13. The molecule has 34 heavy (non-hydrogen) atoms. The molecule has 1 saturated heterocycles. The molecule has 0 radical (unpaired) electrons. The zero-order chi connectivity index (χ0) is 23.7. The van der Waals surface area contributed by atoms with Crippen molar-refractivity contribution in [2.75, 3.05) is 35.9 Å². The molecular formula is C21H17Cl2N5O4S2. The van der Waals surface area contributed by atoms with E-state index in [1.807, 2.05) is 0 Å². The van der Waals surface area contributed by atoms with Crippen molar-refractivity contribution in [1.82, 2.24) is 15.0 Å². The molecule has 0 atom stereocenters. The number of anilines is 2. The first-order valence-corrected chi connectivity index (χ1v) is 13.1. The predicted molar refractivity (Wildman–Crippen MR) is 131 cm³/mol. The summed E-state index contributed by atoms with van der Waals surface area (Å²) in [4.78, 5) is 16.0. The maximum atomic E-state index is 12.7. The standard InChI is InChI=1S/C21H17Cl2N5O4S2/c22-17-14(2-1-3-15(17)27-34(29,30)13-5-9-32-12-13)18-19(16-4-6-24-20(23)25-16)33-21(26-18)28-7-10-31-11-8-28/h1-6,9,12,27H,7-8,10-11H2. The fourth-order valence-electron chi connectivity index (χ4n) is 3.42. The van der Waals surface area contributed by atoms with Crippen molar-refractivity contribution < 1.29 is 17.6 Å². The van der Waals surface area contributed by atoms with Gasteiger partial charge >= 0.3 is 0 Å².